The first-order valence-electron chi connectivity index (χ1n) is 5.39. The van der Waals surface area contributed by atoms with Crippen LogP contribution in [-0.4, -0.2) is 5.91 Å². The Labute approximate surface area is 120 Å². The monoisotopic (exact) mass is 344 g/mol. The van der Waals surface area contributed by atoms with Crippen LogP contribution in [0.2, 0.25) is 0 Å². The third kappa shape index (κ3) is 2.93. The van der Waals surface area contributed by atoms with E-state index in [0.29, 0.717) is 16.6 Å². The number of hydrogen-bond donors (Lipinski definition) is 2. The quantitative estimate of drug-likeness (QED) is 0.816. The summed E-state index contributed by atoms with van der Waals surface area (Å²) in [5, 5.41) is 2.03. The van der Waals surface area contributed by atoms with Crippen LogP contribution >= 0.6 is 15.9 Å². The molecule has 0 unspecified atom stereocenters. The lowest BCUT2D eigenvalue weighted by atomic mass is 10.1. The van der Waals surface area contributed by atoms with Crippen molar-refractivity contribution in [2.24, 2.45) is 0 Å². The molecule has 3 nitrogen and oxygen atoms in total. The smallest absolute Gasteiger partial charge is 0.257 e. The van der Waals surface area contributed by atoms with E-state index in [-0.39, 0.29) is 11.3 Å². The van der Waals surface area contributed by atoms with Gasteiger partial charge in [-0.3, -0.25) is 4.79 Å². The van der Waals surface area contributed by atoms with Gasteiger partial charge in [0.15, 0.2) is 11.6 Å². The lowest BCUT2D eigenvalue weighted by Crippen LogP contribution is -2.16. The number of amides is 1. The Balaban J connectivity index is 2.35. The summed E-state index contributed by atoms with van der Waals surface area (Å²) in [6.07, 6.45) is 0. The maximum atomic E-state index is 13.4. The Morgan fingerprint density at radius 3 is 2.30 bits per heavy atom. The summed E-state index contributed by atoms with van der Waals surface area (Å²) < 4.78 is 40.2. The molecule has 7 heteroatoms. The van der Waals surface area contributed by atoms with E-state index in [4.69, 9.17) is 5.73 Å². The van der Waals surface area contributed by atoms with Gasteiger partial charge in [0, 0.05) is 22.3 Å². The van der Waals surface area contributed by atoms with Crippen molar-refractivity contribution in [3.05, 3.63) is 57.8 Å². The fourth-order valence-electron chi connectivity index (χ4n) is 1.57. The molecule has 0 bridgehead atoms. The summed E-state index contributed by atoms with van der Waals surface area (Å²) in [5.74, 6) is -4.28. The number of nitrogens with one attached hydrogen (secondary N) is 1. The highest BCUT2D eigenvalue weighted by Crippen LogP contribution is 2.23. The molecule has 2 aromatic rings. The van der Waals surface area contributed by atoms with E-state index in [9.17, 15) is 18.0 Å². The van der Waals surface area contributed by atoms with E-state index < -0.39 is 29.0 Å². The zero-order valence-corrected chi connectivity index (χ0v) is 11.5. The van der Waals surface area contributed by atoms with Gasteiger partial charge in [0.2, 0.25) is 0 Å². The van der Waals surface area contributed by atoms with Crippen LogP contribution in [0.25, 0.3) is 0 Å². The van der Waals surface area contributed by atoms with Crippen molar-refractivity contribution in [3.63, 3.8) is 0 Å². The van der Waals surface area contributed by atoms with Crippen molar-refractivity contribution < 1.29 is 18.0 Å². The molecular formula is C13H8BrF3N2O. The van der Waals surface area contributed by atoms with Gasteiger partial charge in [-0.2, -0.15) is 0 Å². The second-order valence-corrected chi connectivity index (χ2v) is 4.85. The van der Waals surface area contributed by atoms with Crippen molar-refractivity contribution in [2.45, 2.75) is 0 Å². The molecule has 3 N–H and O–H groups in total. The van der Waals surface area contributed by atoms with Crippen LogP contribution < -0.4 is 11.1 Å². The van der Waals surface area contributed by atoms with E-state index in [0.717, 1.165) is 0 Å². The number of anilines is 2. The third-order valence-electron chi connectivity index (χ3n) is 2.51. The number of nitrogens with two attached hydrogens (primary N) is 1. The number of hydrogen-bond acceptors (Lipinski definition) is 2. The number of rotatable bonds is 2. The Hall–Kier alpha value is -2.02. The first-order chi connectivity index (χ1) is 9.38. The lowest BCUT2D eigenvalue weighted by molar-refractivity contribution is 0.102. The molecule has 104 valence electrons. The predicted octanol–water partition coefficient (Wildman–Crippen LogP) is 3.70. The summed E-state index contributed by atoms with van der Waals surface area (Å²) in [4.78, 5) is 11.9. The molecule has 2 aromatic carbocycles. The average Bonchev–Trinajstić information content (AvgIpc) is 2.36. The van der Waals surface area contributed by atoms with E-state index >= 15 is 0 Å². The molecule has 20 heavy (non-hydrogen) atoms. The number of halogens is 4. The zero-order chi connectivity index (χ0) is 14.9. The maximum Gasteiger partial charge on any atom is 0.257 e. The van der Waals surface area contributed by atoms with Gasteiger partial charge in [0.1, 0.15) is 11.5 Å². The van der Waals surface area contributed by atoms with Crippen LogP contribution in [0.1, 0.15) is 10.4 Å². The highest BCUT2D eigenvalue weighted by Gasteiger charge is 2.17. The first kappa shape index (κ1) is 14.4. The van der Waals surface area contributed by atoms with Crippen molar-refractivity contribution in [1.29, 1.82) is 0 Å². The van der Waals surface area contributed by atoms with Gasteiger partial charge in [-0.1, -0.05) is 15.9 Å². The fourth-order valence-corrected chi connectivity index (χ4v) is 1.93. The number of nitrogen functional groups attached to an aromatic ring is 1. The topological polar surface area (TPSA) is 55.1 Å². The molecule has 0 saturated carbocycles. The predicted molar refractivity (Wildman–Crippen MR) is 72.8 cm³/mol. The summed E-state index contributed by atoms with van der Waals surface area (Å²) in [6, 6.07) is 5.44. The van der Waals surface area contributed by atoms with Crippen LogP contribution in [-0.2, 0) is 0 Å². The molecule has 0 fully saturated rings. The Bertz CT molecular complexity index is 668. The lowest BCUT2D eigenvalue weighted by Gasteiger charge is -2.09. The van der Waals surface area contributed by atoms with Crippen molar-refractivity contribution in [3.8, 4) is 0 Å². The fraction of sp³-hybridized carbons (Fsp3) is 0. The Morgan fingerprint density at radius 2 is 1.70 bits per heavy atom. The van der Waals surface area contributed by atoms with Crippen LogP contribution in [0, 0.1) is 17.5 Å². The number of carbonyl (C=O) groups excluding carboxylic acids is 1. The Kier molecular flexibility index (Phi) is 3.99. The second kappa shape index (κ2) is 5.54. The van der Waals surface area contributed by atoms with Gasteiger partial charge < -0.3 is 11.1 Å². The van der Waals surface area contributed by atoms with Crippen LogP contribution in [0.3, 0.4) is 0 Å². The summed E-state index contributed by atoms with van der Waals surface area (Å²) in [7, 11) is 0. The van der Waals surface area contributed by atoms with E-state index in [2.05, 4.69) is 15.9 Å². The van der Waals surface area contributed by atoms with E-state index in [1.807, 2.05) is 5.32 Å². The molecule has 0 spiro atoms. The maximum absolute atomic E-state index is 13.4. The second-order valence-electron chi connectivity index (χ2n) is 3.93. The van der Waals surface area contributed by atoms with E-state index in [1.165, 1.54) is 12.1 Å². The van der Waals surface area contributed by atoms with Crippen molar-refractivity contribution >= 4 is 33.2 Å². The largest absolute Gasteiger partial charge is 0.398 e. The molecule has 0 aliphatic heterocycles. The summed E-state index contributed by atoms with van der Waals surface area (Å²) in [6.45, 7) is 0. The van der Waals surface area contributed by atoms with Crippen molar-refractivity contribution in [1.82, 2.24) is 0 Å². The molecule has 0 aromatic heterocycles. The number of benzene rings is 2. The van der Waals surface area contributed by atoms with Gasteiger partial charge in [-0.15, -0.1) is 0 Å². The van der Waals surface area contributed by atoms with Crippen LogP contribution in [0.5, 0.6) is 0 Å². The SMILES string of the molecule is Nc1ccc(Br)cc1C(=O)Nc1c(F)cc(F)cc1F. The minimum absolute atomic E-state index is 0.0440. The van der Waals surface area contributed by atoms with Gasteiger partial charge >= 0.3 is 0 Å². The van der Waals surface area contributed by atoms with E-state index in [1.54, 1.807) is 6.07 Å². The molecule has 2 rings (SSSR count). The third-order valence-corrected chi connectivity index (χ3v) is 3.00. The molecule has 0 aliphatic rings. The average molecular weight is 345 g/mol. The Morgan fingerprint density at radius 1 is 1.10 bits per heavy atom. The molecule has 0 atom stereocenters. The normalized spacial score (nSPS) is 10.4. The minimum atomic E-state index is -1.20. The molecule has 0 aliphatic carbocycles. The van der Waals surface area contributed by atoms with Gasteiger partial charge in [0.05, 0.1) is 5.56 Å². The van der Waals surface area contributed by atoms with Crippen LogP contribution in [0.15, 0.2) is 34.8 Å². The molecule has 0 radical (unpaired) electrons. The minimum Gasteiger partial charge on any atom is -0.398 e. The van der Waals surface area contributed by atoms with Crippen molar-refractivity contribution in [2.75, 3.05) is 11.1 Å². The zero-order valence-electron chi connectivity index (χ0n) is 9.88. The summed E-state index contributed by atoms with van der Waals surface area (Å²) in [5.41, 5.74) is 5.08. The molecule has 1 amide bonds. The molecule has 0 heterocycles. The molecular weight excluding hydrogens is 337 g/mol. The summed E-state index contributed by atoms with van der Waals surface area (Å²) >= 11 is 3.16. The van der Waals surface area contributed by atoms with Crippen LogP contribution in [0.4, 0.5) is 24.5 Å². The standard InChI is InChI=1S/C13H8BrF3N2O/c14-6-1-2-11(18)8(3-6)13(20)19-12-9(16)4-7(15)5-10(12)17/h1-5H,18H2,(H,19,20). The van der Waals surface area contributed by atoms with Gasteiger partial charge in [0.25, 0.3) is 5.91 Å². The first-order valence-corrected chi connectivity index (χ1v) is 6.18. The molecule has 0 saturated heterocycles. The van der Waals surface area contributed by atoms with Gasteiger partial charge in [-0.05, 0) is 18.2 Å². The highest BCUT2D eigenvalue weighted by molar-refractivity contribution is 9.10. The van der Waals surface area contributed by atoms with Gasteiger partial charge in [-0.25, -0.2) is 13.2 Å². The number of carbonyl (C=O) groups is 1. The highest BCUT2D eigenvalue weighted by atomic mass is 79.9.